The van der Waals surface area contributed by atoms with Crippen LogP contribution >= 0.6 is 0 Å². The van der Waals surface area contributed by atoms with Crippen molar-refractivity contribution in [3.63, 3.8) is 0 Å². The SMILES string of the molecule is CC(C)CC(=O)Nc1ccc(Nc2c(F)cccc2F)nn1. The molecule has 2 N–H and O–H groups in total. The molecule has 1 aromatic heterocycles. The number of hydrogen-bond donors (Lipinski definition) is 2. The first-order valence-corrected chi connectivity index (χ1v) is 6.80. The summed E-state index contributed by atoms with van der Waals surface area (Å²) in [5.74, 6) is -0.925. The molecule has 1 amide bonds. The van der Waals surface area contributed by atoms with Gasteiger partial charge < -0.3 is 10.6 Å². The molecule has 0 atom stereocenters. The van der Waals surface area contributed by atoms with Crippen molar-refractivity contribution in [3.8, 4) is 0 Å². The zero-order valence-corrected chi connectivity index (χ0v) is 12.2. The molecule has 0 saturated heterocycles. The summed E-state index contributed by atoms with van der Waals surface area (Å²) in [5, 5.41) is 12.7. The zero-order chi connectivity index (χ0) is 16.1. The number of aromatic nitrogens is 2. The number of carbonyl (C=O) groups is 1. The monoisotopic (exact) mass is 306 g/mol. The average Bonchev–Trinajstić information content (AvgIpc) is 2.44. The molecular formula is C15H16F2N4O. The third-order valence-corrected chi connectivity index (χ3v) is 2.74. The molecule has 0 fully saturated rings. The number of benzene rings is 1. The molecule has 5 nitrogen and oxygen atoms in total. The maximum Gasteiger partial charge on any atom is 0.225 e. The summed E-state index contributed by atoms with van der Waals surface area (Å²) < 4.78 is 27.0. The first kappa shape index (κ1) is 15.8. The van der Waals surface area contributed by atoms with E-state index in [0.29, 0.717) is 6.42 Å². The van der Waals surface area contributed by atoms with Crippen LogP contribution in [-0.2, 0) is 4.79 Å². The summed E-state index contributed by atoms with van der Waals surface area (Å²) in [7, 11) is 0. The Balaban J connectivity index is 2.05. The minimum Gasteiger partial charge on any atom is -0.334 e. The van der Waals surface area contributed by atoms with E-state index in [0.717, 1.165) is 12.1 Å². The molecule has 116 valence electrons. The second kappa shape index (κ2) is 6.93. The number of para-hydroxylation sites is 1. The molecule has 0 unspecified atom stereocenters. The Kier molecular flexibility index (Phi) is 4.98. The van der Waals surface area contributed by atoms with E-state index in [1.807, 2.05) is 13.8 Å². The van der Waals surface area contributed by atoms with Gasteiger partial charge in [0.05, 0.1) is 0 Å². The third kappa shape index (κ3) is 4.21. The molecule has 1 heterocycles. The van der Waals surface area contributed by atoms with E-state index < -0.39 is 11.6 Å². The highest BCUT2D eigenvalue weighted by Gasteiger charge is 2.10. The summed E-state index contributed by atoms with van der Waals surface area (Å²) in [6, 6.07) is 6.53. The van der Waals surface area contributed by atoms with Crippen molar-refractivity contribution < 1.29 is 13.6 Å². The fourth-order valence-electron chi connectivity index (χ4n) is 1.78. The van der Waals surface area contributed by atoms with Crippen molar-refractivity contribution in [3.05, 3.63) is 42.0 Å². The molecule has 0 bridgehead atoms. The van der Waals surface area contributed by atoms with Crippen molar-refractivity contribution in [2.75, 3.05) is 10.6 Å². The second-order valence-corrected chi connectivity index (χ2v) is 5.17. The predicted octanol–water partition coefficient (Wildman–Crippen LogP) is 3.48. The quantitative estimate of drug-likeness (QED) is 0.887. The van der Waals surface area contributed by atoms with Crippen LogP contribution in [-0.4, -0.2) is 16.1 Å². The smallest absolute Gasteiger partial charge is 0.225 e. The minimum atomic E-state index is -0.726. The van der Waals surface area contributed by atoms with Crippen LogP contribution in [0.4, 0.5) is 26.1 Å². The van der Waals surface area contributed by atoms with Gasteiger partial charge in [0.25, 0.3) is 0 Å². The highest BCUT2D eigenvalue weighted by molar-refractivity contribution is 5.89. The van der Waals surface area contributed by atoms with Crippen LogP contribution in [0.5, 0.6) is 0 Å². The lowest BCUT2D eigenvalue weighted by Gasteiger charge is -2.09. The van der Waals surface area contributed by atoms with E-state index in [4.69, 9.17) is 0 Å². The summed E-state index contributed by atoms with van der Waals surface area (Å²) in [6.45, 7) is 3.86. The average molecular weight is 306 g/mol. The van der Waals surface area contributed by atoms with Crippen LogP contribution in [0.15, 0.2) is 30.3 Å². The van der Waals surface area contributed by atoms with Crippen LogP contribution in [0.2, 0.25) is 0 Å². The lowest BCUT2D eigenvalue weighted by atomic mass is 10.1. The lowest BCUT2D eigenvalue weighted by molar-refractivity contribution is -0.116. The van der Waals surface area contributed by atoms with Gasteiger partial charge in [-0.25, -0.2) is 8.78 Å². The zero-order valence-electron chi connectivity index (χ0n) is 12.2. The number of nitrogens with one attached hydrogen (secondary N) is 2. The summed E-state index contributed by atoms with van der Waals surface area (Å²) >= 11 is 0. The van der Waals surface area contributed by atoms with Gasteiger partial charge in [-0.05, 0) is 30.2 Å². The van der Waals surface area contributed by atoms with Crippen LogP contribution in [0.1, 0.15) is 20.3 Å². The number of carbonyl (C=O) groups excluding carboxylic acids is 1. The van der Waals surface area contributed by atoms with Gasteiger partial charge in [0.15, 0.2) is 11.6 Å². The Labute approximate surface area is 126 Å². The maximum atomic E-state index is 13.5. The lowest BCUT2D eigenvalue weighted by Crippen LogP contribution is -2.15. The Hall–Kier alpha value is -2.57. The molecule has 2 aromatic rings. The van der Waals surface area contributed by atoms with Crippen molar-refractivity contribution in [2.24, 2.45) is 5.92 Å². The summed E-state index contributed by atoms with van der Waals surface area (Å²) in [5.41, 5.74) is -0.298. The van der Waals surface area contributed by atoms with Gasteiger partial charge in [-0.2, -0.15) is 0 Å². The number of rotatable bonds is 5. The number of nitrogens with zero attached hydrogens (tertiary/aromatic N) is 2. The van der Waals surface area contributed by atoms with E-state index in [2.05, 4.69) is 20.8 Å². The van der Waals surface area contributed by atoms with Crippen LogP contribution in [0, 0.1) is 17.6 Å². The number of amides is 1. The molecule has 0 aliphatic carbocycles. The van der Waals surface area contributed by atoms with Gasteiger partial charge in [0.2, 0.25) is 5.91 Å². The first-order chi connectivity index (χ1) is 10.5. The Morgan fingerprint density at radius 1 is 1.09 bits per heavy atom. The van der Waals surface area contributed by atoms with Gasteiger partial charge in [-0.1, -0.05) is 19.9 Å². The molecule has 7 heteroatoms. The first-order valence-electron chi connectivity index (χ1n) is 6.80. The standard InChI is InChI=1S/C15H16F2N4O/c1-9(2)8-14(22)18-12-6-7-13(21-20-12)19-15-10(16)4-3-5-11(15)17/h3-7,9H,8H2,1-2H3,(H,19,21)(H,18,20,22). The third-order valence-electron chi connectivity index (χ3n) is 2.74. The van der Waals surface area contributed by atoms with Gasteiger partial charge in [0, 0.05) is 6.42 Å². The summed E-state index contributed by atoms with van der Waals surface area (Å²) in [4.78, 5) is 11.6. The van der Waals surface area contributed by atoms with Crippen LogP contribution < -0.4 is 10.6 Å². The maximum absolute atomic E-state index is 13.5. The van der Waals surface area contributed by atoms with Crippen molar-refractivity contribution in [1.82, 2.24) is 10.2 Å². The molecule has 0 aliphatic heterocycles. The molecular weight excluding hydrogens is 290 g/mol. The number of anilines is 3. The molecule has 22 heavy (non-hydrogen) atoms. The highest BCUT2D eigenvalue weighted by Crippen LogP contribution is 2.22. The van der Waals surface area contributed by atoms with Gasteiger partial charge in [-0.15, -0.1) is 10.2 Å². The van der Waals surface area contributed by atoms with E-state index in [1.54, 1.807) is 0 Å². The molecule has 2 rings (SSSR count). The summed E-state index contributed by atoms with van der Waals surface area (Å²) in [6.07, 6.45) is 0.377. The Morgan fingerprint density at radius 2 is 1.68 bits per heavy atom. The molecule has 0 saturated carbocycles. The van der Waals surface area contributed by atoms with Crippen LogP contribution in [0.25, 0.3) is 0 Å². The van der Waals surface area contributed by atoms with E-state index in [-0.39, 0.29) is 29.1 Å². The van der Waals surface area contributed by atoms with Crippen molar-refractivity contribution in [1.29, 1.82) is 0 Å². The molecule has 0 radical (unpaired) electrons. The molecule has 0 spiro atoms. The molecule has 1 aromatic carbocycles. The fourth-order valence-corrected chi connectivity index (χ4v) is 1.78. The van der Waals surface area contributed by atoms with Gasteiger partial charge >= 0.3 is 0 Å². The van der Waals surface area contributed by atoms with E-state index >= 15 is 0 Å². The molecule has 0 aliphatic rings. The largest absolute Gasteiger partial charge is 0.334 e. The number of hydrogen-bond acceptors (Lipinski definition) is 4. The van der Waals surface area contributed by atoms with Crippen molar-refractivity contribution >= 4 is 23.2 Å². The highest BCUT2D eigenvalue weighted by atomic mass is 19.1. The Bertz CT molecular complexity index is 639. The van der Waals surface area contributed by atoms with Crippen molar-refractivity contribution in [2.45, 2.75) is 20.3 Å². The van der Waals surface area contributed by atoms with E-state index in [9.17, 15) is 13.6 Å². The van der Waals surface area contributed by atoms with Crippen LogP contribution in [0.3, 0.4) is 0 Å². The second-order valence-electron chi connectivity index (χ2n) is 5.17. The predicted molar refractivity (Wildman–Crippen MR) is 79.8 cm³/mol. The van der Waals surface area contributed by atoms with Gasteiger partial charge in [0.1, 0.15) is 17.3 Å². The fraction of sp³-hybridized carbons (Fsp3) is 0.267. The van der Waals surface area contributed by atoms with E-state index in [1.165, 1.54) is 18.2 Å². The Morgan fingerprint density at radius 3 is 2.23 bits per heavy atom. The van der Waals surface area contributed by atoms with Gasteiger partial charge in [-0.3, -0.25) is 4.79 Å². The minimum absolute atomic E-state index is 0.162. The topological polar surface area (TPSA) is 66.9 Å². The normalized spacial score (nSPS) is 10.6. The number of halogens is 2.